The highest BCUT2D eigenvalue weighted by molar-refractivity contribution is 7.89. The number of hydrogen-bond acceptors (Lipinski definition) is 4. The van der Waals surface area contributed by atoms with Gasteiger partial charge in [-0.3, -0.25) is 4.79 Å². The predicted molar refractivity (Wildman–Crippen MR) is 76.9 cm³/mol. The number of carbonyl (C=O) groups is 1. The van der Waals surface area contributed by atoms with Crippen molar-refractivity contribution in [2.75, 3.05) is 20.7 Å². The molecule has 0 atom stereocenters. The molecule has 1 fully saturated rings. The number of sulfonamides is 1. The van der Waals surface area contributed by atoms with Crippen LogP contribution in [0.4, 0.5) is 0 Å². The molecule has 7 heteroatoms. The number of hydrogen-bond donors (Lipinski definition) is 1. The van der Waals surface area contributed by atoms with Gasteiger partial charge in [0.2, 0.25) is 10.0 Å². The lowest BCUT2D eigenvalue weighted by molar-refractivity contribution is -0.136. The average Bonchev–Trinajstić information content (AvgIpc) is 3.21. The molecule has 0 radical (unpaired) electrons. The molecule has 0 unspecified atom stereocenters. The summed E-state index contributed by atoms with van der Waals surface area (Å²) in [6, 6.07) is 4.41. The van der Waals surface area contributed by atoms with Crippen LogP contribution in [0.25, 0.3) is 0 Å². The Balaban J connectivity index is 2.37. The Kier molecular flexibility index (Phi) is 4.53. The van der Waals surface area contributed by atoms with Crippen molar-refractivity contribution in [3.63, 3.8) is 0 Å². The van der Waals surface area contributed by atoms with Crippen molar-refractivity contribution in [1.82, 2.24) is 4.31 Å². The largest absolute Gasteiger partial charge is 0.497 e. The Labute approximate surface area is 124 Å². The SMILES string of the molecule is COc1ccc(S(=O)(=O)N(C)CC2CC2)c(CC(=O)O)c1. The van der Waals surface area contributed by atoms with Gasteiger partial charge >= 0.3 is 5.97 Å². The van der Waals surface area contributed by atoms with Crippen molar-refractivity contribution in [2.24, 2.45) is 5.92 Å². The topological polar surface area (TPSA) is 83.9 Å². The minimum absolute atomic E-state index is 0.0360. The summed E-state index contributed by atoms with van der Waals surface area (Å²) in [6.45, 7) is 0.473. The number of nitrogens with zero attached hydrogens (tertiary/aromatic N) is 1. The van der Waals surface area contributed by atoms with Gasteiger partial charge in [0.15, 0.2) is 0 Å². The van der Waals surface area contributed by atoms with Gasteiger partial charge in [-0.15, -0.1) is 0 Å². The van der Waals surface area contributed by atoms with E-state index in [-0.39, 0.29) is 16.9 Å². The van der Waals surface area contributed by atoms with E-state index in [1.165, 1.54) is 36.7 Å². The second kappa shape index (κ2) is 6.03. The van der Waals surface area contributed by atoms with Crippen LogP contribution in [0.2, 0.25) is 0 Å². The Morgan fingerprint density at radius 1 is 1.43 bits per heavy atom. The summed E-state index contributed by atoms with van der Waals surface area (Å²) < 4.78 is 31.5. The van der Waals surface area contributed by atoms with Gasteiger partial charge in [-0.05, 0) is 42.5 Å². The van der Waals surface area contributed by atoms with Gasteiger partial charge in [0, 0.05) is 13.6 Å². The molecule has 0 aliphatic heterocycles. The number of carboxylic acids is 1. The monoisotopic (exact) mass is 313 g/mol. The van der Waals surface area contributed by atoms with Crippen molar-refractivity contribution in [3.8, 4) is 5.75 Å². The zero-order valence-electron chi connectivity index (χ0n) is 12.1. The zero-order valence-corrected chi connectivity index (χ0v) is 12.9. The third kappa shape index (κ3) is 3.74. The molecule has 1 N–H and O–H groups in total. The fourth-order valence-electron chi connectivity index (χ4n) is 2.17. The lowest BCUT2D eigenvalue weighted by Crippen LogP contribution is -2.30. The van der Waals surface area contributed by atoms with E-state index in [1.54, 1.807) is 0 Å². The molecule has 0 saturated heterocycles. The Morgan fingerprint density at radius 3 is 2.62 bits per heavy atom. The van der Waals surface area contributed by atoms with E-state index in [1.807, 2.05) is 0 Å². The Bertz CT molecular complexity index is 637. The fraction of sp³-hybridized carbons (Fsp3) is 0.500. The average molecular weight is 313 g/mol. The molecule has 2 rings (SSSR count). The van der Waals surface area contributed by atoms with E-state index >= 15 is 0 Å². The lowest BCUT2D eigenvalue weighted by atomic mass is 10.1. The van der Waals surface area contributed by atoms with Gasteiger partial charge in [-0.1, -0.05) is 0 Å². The summed E-state index contributed by atoms with van der Waals surface area (Å²) in [5.74, 6) is -0.217. The summed E-state index contributed by atoms with van der Waals surface area (Å²) in [6.07, 6.45) is 1.73. The van der Waals surface area contributed by atoms with Gasteiger partial charge in [0.25, 0.3) is 0 Å². The predicted octanol–water partition coefficient (Wildman–Crippen LogP) is 1.35. The molecule has 0 bridgehead atoms. The van der Waals surface area contributed by atoms with E-state index < -0.39 is 16.0 Å². The number of rotatable bonds is 7. The van der Waals surface area contributed by atoms with Crippen molar-refractivity contribution in [2.45, 2.75) is 24.2 Å². The second-order valence-corrected chi connectivity index (χ2v) is 7.29. The third-order valence-electron chi connectivity index (χ3n) is 3.51. The number of benzene rings is 1. The van der Waals surface area contributed by atoms with Crippen LogP contribution in [0.5, 0.6) is 5.75 Å². The molecule has 6 nitrogen and oxygen atoms in total. The molecular formula is C14H19NO5S. The van der Waals surface area contributed by atoms with E-state index in [4.69, 9.17) is 9.84 Å². The molecule has 0 amide bonds. The maximum Gasteiger partial charge on any atom is 0.307 e. The van der Waals surface area contributed by atoms with Gasteiger partial charge in [-0.25, -0.2) is 12.7 Å². The van der Waals surface area contributed by atoms with Crippen molar-refractivity contribution >= 4 is 16.0 Å². The number of carboxylic acid groups (broad SMARTS) is 1. The van der Waals surface area contributed by atoms with Crippen molar-refractivity contribution in [3.05, 3.63) is 23.8 Å². The summed E-state index contributed by atoms with van der Waals surface area (Å²) in [4.78, 5) is 11.0. The lowest BCUT2D eigenvalue weighted by Gasteiger charge is -2.19. The minimum Gasteiger partial charge on any atom is -0.497 e. The third-order valence-corrected chi connectivity index (χ3v) is 5.43. The molecular weight excluding hydrogens is 294 g/mol. The maximum absolute atomic E-state index is 12.6. The molecule has 1 saturated carbocycles. The van der Waals surface area contributed by atoms with Gasteiger partial charge in [0.1, 0.15) is 5.75 Å². The molecule has 21 heavy (non-hydrogen) atoms. The van der Waals surface area contributed by atoms with E-state index in [2.05, 4.69) is 0 Å². The van der Waals surface area contributed by atoms with Crippen LogP contribution in [0.1, 0.15) is 18.4 Å². The number of ether oxygens (including phenoxy) is 1. The van der Waals surface area contributed by atoms with Gasteiger partial charge in [0.05, 0.1) is 18.4 Å². The minimum atomic E-state index is -3.68. The Hall–Kier alpha value is -1.60. The first-order valence-corrected chi connectivity index (χ1v) is 8.13. The highest BCUT2D eigenvalue weighted by Gasteiger charge is 2.30. The summed E-state index contributed by atoms with van der Waals surface area (Å²) in [7, 11) is -0.699. The number of methoxy groups -OCH3 is 1. The molecule has 1 aliphatic carbocycles. The molecule has 0 spiro atoms. The fourth-order valence-corrected chi connectivity index (χ4v) is 3.61. The smallest absolute Gasteiger partial charge is 0.307 e. The molecule has 1 aromatic rings. The van der Waals surface area contributed by atoms with Crippen LogP contribution < -0.4 is 4.74 Å². The van der Waals surface area contributed by atoms with Crippen LogP contribution >= 0.6 is 0 Å². The molecule has 0 heterocycles. The first-order valence-electron chi connectivity index (χ1n) is 6.69. The maximum atomic E-state index is 12.6. The van der Waals surface area contributed by atoms with Crippen LogP contribution in [-0.2, 0) is 21.2 Å². The normalized spacial score (nSPS) is 15.2. The van der Waals surface area contributed by atoms with E-state index in [0.717, 1.165) is 12.8 Å². The van der Waals surface area contributed by atoms with Crippen LogP contribution in [0.15, 0.2) is 23.1 Å². The second-order valence-electron chi connectivity index (χ2n) is 5.27. The van der Waals surface area contributed by atoms with Crippen LogP contribution in [0.3, 0.4) is 0 Å². The molecule has 0 aromatic heterocycles. The number of aliphatic carboxylic acids is 1. The van der Waals surface area contributed by atoms with Crippen LogP contribution in [-0.4, -0.2) is 44.5 Å². The molecule has 116 valence electrons. The van der Waals surface area contributed by atoms with Crippen LogP contribution in [0, 0.1) is 5.92 Å². The summed E-state index contributed by atoms with van der Waals surface area (Å²) in [5, 5.41) is 8.97. The van der Waals surface area contributed by atoms with E-state index in [0.29, 0.717) is 18.2 Å². The first-order chi connectivity index (χ1) is 9.84. The quantitative estimate of drug-likeness (QED) is 0.821. The summed E-state index contributed by atoms with van der Waals surface area (Å²) in [5.41, 5.74) is 0.240. The zero-order chi connectivity index (χ0) is 15.6. The van der Waals surface area contributed by atoms with Crippen molar-refractivity contribution in [1.29, 1.82) is 0 Å². The molecule has 1 aromatic carbocycles. The van der Waals surface area contributed by atoms with Gasteiger partial charge in [-0.2, -0.15) is 0 Å². The van der Waals surface area contributed by atoms with E-state index in [9.17, 15) is 13.2 Å². The summed E-state index contributed by atoms with van der Waals surface area (Å²) >= 11 is 0. The molecule has 1 aliphatic rings. The standard InChI is InChI=1S/C14H19NO5S/c1-15(9-10-3-4-10)21(18,19)13-6-5-12(20-2)7-11(13)8-14(16)17/h5-7,10H,3-4,8-9H2,1-2H3,(H,16,17). The van der Waals surface area contributed by atoms with Crippen molar-refractivity contribution < 1.29 is 23.1 Å². The highest BCUT2D eigenvalue weighted by atomic mass is 32.2. The first kappa shape index (κ1) is 15.8. The Morgan fingerprint density at radius 2 is 2.10 bits per heavy atom. The highest BCUT2D eigenvalue weighted by Crippen LogP contribution is 2.32. The van der Waals surface area contributed by atoms with Gasteiger partial charge < -0.3 is 9.84 Å².